The molecule has 0 saturated carbocycles. The van der Waals surface area contributed by atoms with Crippen molar-refractivity contribution >= 4 is 21.6 Å². The maximum Gasteiger partial charge on any atom is 0.238 e. The lowest BCUT2D eigenvalue weighted by Gasteiger charge is -2.08. The first-order chi connectivity index (χ1) is 10.4. The van der Waals surface area contributed by atoms with E-state index in [0.29, 0.717) is 11.4 Å². The van der Waals surface area contributed by atoms with Crippen LogP contribution < -0.4 is 15.2 Å². The van der Waals surface area contributed by atoms with Gasteiger partial charge in [0.15, 0.2) is 0 Å². The molecule has 0 radical (unpaired) electrons. The lowest BCUT2D eigenvalue weighted by atomic mass is 10.3. The molecule has 2 aromatic rings. The predicted octanol–water partition coefficient (Wildman–Crippen LogP) is 1.74. The van der Waals surface area contributed by atoms with Gasteiger partial charge >= 0.3 is 0 Å². The van der Waals surface area contributed by atoms with Crippen molar-refractivity contribution in [2.24, 2.45) is 5.14 Å². The summed E-state index contributed by atoms with van der Waals surface area (Å²) in [5.41, 5.74) is 0.372. The molecule has 0 bridgehead atoms. The highest BCUT2D eigenvalue weighted by Crippen LogP contribution is 2.14. The molecule has 1 amide bonds. The number of hydrogen-bond donors (Lipinski definition) is 2. The van der Waals surface area contributed by atoms with Crippen LogP contribution in [0.3, 0.4) is 0 Å². The Morgan fingerprint density at radius 3 is 2.50 bits per heavy atom. The molecule has 2 aromatic carbocycles. The summed E-state index contributed by atoms with van der Waals surface area (Å²) in [6, 6.07) is 14.9. The summed E-state index contributed by atoms with van der Waals surface area (Å²) in [6.45, 7) is 0.227. The van der Waals surface area contributed by atoms with Crippen molar-refractivity contribution < 1.29 is 17.9 Å². The quantitative estimate of drug-likeness (QED) is 0.847. The van der Waals surface area contributed by atoms with Gasteiger partial charge in [0.2, 0.25) is 15.9 Å². The molecule has 0 aliphatic heterocycles. The van der Waals surface area contributed by atoms with Gasteiger partial charge in [-0.05, 0) is 30.3 Å². The number of carbonyl (C=O) groups is 1. The number of nitrogens with one attached hydrogen (secondary N) is 1. The lowest BCUT2D eigenvalue weighted by Crippen LogP contribution is -2.16. The predicted molar refractivity (Wildman–Crippen MR) is 83.0 cm³/mol. The van der Waals surface area contributed by atoms with Crippen LogP contribution in [0.25, 0.3) is 0 Å². The molecule has 6 nitrogen and oxygen atoms in total. The normalized spacial score (nSPS) is 11.0. The van der Waals surface area contributed by atoms with Gasteiger partial charge in [0.05, 0.1) is 17.9 Å². The maximum absolute atomic E-state index is 11.8. The van der Waals surface area contributed by atoms with Crippen LogP contribution in [0, 0.1) is 0 Å². The third-order valence-electron chi connectivity index (χ3n) is 2.79. The minimum Gasteiger partial charge on any atom is -0.493 e. The lowest BCUT2D eigenvalue weighted by molar-refractivity contribution is -0.116. The van der Waals surface area contributed by atoms with Crippen LogP contribution >= 0.6 is 0 Å². The molecule has 116 valence electrons. The molecule has 0 aliphatic rings. The van der Waals surface area contributed by atoms with Crippen molar-refractivity contribution in [2.75, 3.05) is 11.9 Å². The van der Waals surface area contributed by atoms with Crippen molar-refractivity contribution in [1.29, 1.82) is 0 Å². The highest BCUT2D eigenvalue weighted by molar-refractivity contribution is 7.89. The summed E-state index contributed by atoms with van der Waals surface area (Å²) in [6.07, 6.45) is 0.147. The molecule has 2 rings (SSSR count). The minimum atomic E-state index is -3.79. The molecule has 0 heterocycles. The van der Waals surface area contributed by atoms with E-state index in [1.54, 1.807) is 18.2 Å². The summed E-state index contributed by atoms with van der Waals surface area (Å²) in [4.78, 5) is 11.7. The van der Waals surface area contributed by atoms with E-state index in [1.165, 1.54) is 18.2 Å². The molecule has 0 aliphatic carbocycles. The van der Waals surface area contributed by atoms with Gasteiger partial charge in [-0.15, -0.1) is 0 Å². The Kier molecular flexibility index (Phi) is 5.13. The van der Waals surface area contributed by atoms with E-state index in [1.807, 2.05) is 18.2 Å². The zero-order valence-electron chi connectivity index (χ0n) is 11.7. The van der Waals surface area contributed by atoms with Crippen molar-refractivity contribution in [2.45, 2.75) is 11.3 Å². The molecular formula is C15H16N2O4S. The van der Waals surface area contributed by atoms with Crippen LogP contribution in [-0.4, -0.2) is 20.9 Å². The fraction of sp³-hybridized carbons (Fsp3) is 0.133. The molecular weight excluding hydrogens is 304 g/mol. The van der Waals surface area contributed by atoms with Gasteiger partial charge in [-0.25, -0.2) is 13.6 Å². The molecule has 0 atom stereocenters. The first-order valence-corrected chi connectivity index (χ1v) is 8.10. The van der Waals surface area contributed by atoms with Gasteiger partial charge in [-0.1, -0.05) is 24.3 Å². The second kappa shape index (κ2) is 7.06. The van der Waals surface area contributed by atoms with E-state index < -0.39 is 10.0 Å². The zero-order chi connectivity index (χ0) is 16.0. The summed E-state index contributed by atoms with van der Waals surface area (Å²) < 4.78 is 27.9. The van der Waals surface area contributed by atoms with Crippen LogP contribution in [0.2, 0.25) is 0 Å². The fourth-order valence-electron chi connectivity index (χ4n) is 1.75. The van der Waals surface area contributed by atoms with Gasteiger partial charge in [0.25, 0.3) is 0 Å². The van der Waals surface area contributed by atoms with Crippen LogP contribution in [0.4, 0.5) is 5.69 Å². The van der Waals surface area contributed by atoms with Gasteiger partial charge in [0.1, 0.15) is 5.75 Å². The molecule has 0 spiro atoms. The summed E-state index contributed by atoms with van der Waals surface area (Å²) in [5.74, 6) is 0.411. The van der Waals surface area contributed by atoms with E-state index in [0.717, 1.165) is 0 Å². The van der Waals surface area contributed by atoms with E-state index >= 15 is 0 Å². The maximum atomic E-state index is 11.8. The molecule has 0 saturated heterocycles. The zero-order valence-corrected chi connectivity index (χ0v) is 12.5. The Morgan fingerprint density at radius 1 is 1.09 bits per heavy atom. The van der Waals surface area contributed by atoms with Crippen molar-refractivity contribution in [3.8, 4) is 5.75 Å². The molecule has 0 fully saturated rings. The molecule has 22 heavy (non-hydrogen) atoms. The topological polar surface area (TPSA) is 98.5 Å². The Bertz CT molecular complexity index is 745. The number of primary sulfonamides is 1. The van der Waals surface area contributed by atoms with E-state index in [-0.39, 0.29) is 23.8 Å². The van der Waals surface area contributed by atoms with Crippen LogP contribution in [0.1, 0.15) is 6.42 Å². The van der Waals surface area contributed by atoms with Crippen molar-refractivity contribution in [3.05, 3.63) is 54.6 Å². The SMILES string of the molecule is NS(=O)(=O)c1cccc(NC(=O)CCOc2ccccc2)c1. The second-order valence-corrected chi connectivity index (χ2v) is 6.09. The number of nitrogens with two attached hydrogens (primary N) is 1. The van der Waals surface area contributed by atoms with Crippen molar-refractivity contribution in [1.82, 2.24) is 0 Å². The minimum absolute atomic E-state index is 0.0502. The second-order valence-electron chi connectivity index (χ2n) is 4.53. The number of ether oxygens (including phenoxy) is 1. The highest BCUT2D eigenvalue weighted by atomic mass is 32.2. The first kappa shape index (κ1) is 16.0. The smallest absolute Gasteiger partial charge is 0.238 e. The number of hydrogen-bond acceptors (Lipinski definition) is 4. The monoisotopic (exact) mass is 320 g/mol. The number of sulfonamides is 1. The average molecular weight is 320 g/mol. The van der Waals surface area contributed by atoms with E-state index in [4.69, 9.17) is 9.88 Å². The molecule has 7 heteroatoms. The van der Waals surface area contributed by atoms with Crippen molar-refractivity contribution in [3.63, 3.8) is 0 Å². The standard InChI is InChI=1S/C15H16N2O4S/c16-22(19,20)14-8-4-5-12(11-14)17-15(18)9-10-21-13-6-2-1-3-7-13/h1-8,11H,9-10H2,(H,17,18)(H2,16,19,20). The molecule has 0 unspecified atom stereocenters. The van der Waals surface area contributed by atoms with Gasteiger partial charge in [-0.2, -0.15) is 0 Å². The Morgan fingerprint density at radius 2 is 1.82 bits per heavy atom. The van der Waals surface area contributed by atoms with Gasteiger partial charge in [0, 0.05) is 5.69 Å². The number of benzene rings is 2. The molecule has 3 N–H and O–H groups in total. The van der Waals surface area contributed by atoms with E-state index in [9.17, 15) is 13.2 Å². The Hall–Kier alpha value is -2.38. The summed E-state index contributed by atoms with van der Waals surface area (Å²) >= 11 is 0. The van der Waals surface area contributed by atoms with Crippen LogP contribution in [-0.2, 0) is 14.8 Å². The molecule has 0 aromatic heterocycles. The number of anilines is 1. The largest absolute Gasteiger partial charge is 0.493 e. The van der Waals surface area contributed by atoms with Gasteiger partial charge < -0.3 is 10.1 Å². The third-order valence-corrected chi connectivity index (χ3v) is 3.70. The first-order valence-electron chi connectivity index (χ1n) is 6.56. The summed E-state index contributed by atoms with van der Waals surface area (Å²) in [5, 5.41) is 7.64. The van der Waals surface area contributed by atoms with Crippen LogP contribution in [0.5, 0.6) is 5.75 Å². The number of rotatable bonds is 6. The highest BCUT2D eigenvalue weighted by Gasteiger charge is 2.09. The number of carbonyl (C=O) groups excluding carboxylic acids is 1. The van der Waals surface area contributed by atoms with E-state index in [2.05, 4.69) is 5.32 Å². The fourth-order valence-corrected chi connectivity index (χ4v) is 2.31. The average Bonchev–Trinajstić information content (AvgIpc) is 2.48. The van der Waals surface area contributed by atoms with Crippen LogP contribution in [0.15, 0.2) is 59.5 Å². The Labute approximate surface area is 129 Å². The third kappa shape index (κ3) is 4.87. The number of amides is 1. The number of para-hydroxylation sites is 1. The van der Waals surface area contributed by atoms with Gasteiger partial charge in [-0.3, -0.25) is 4.79 Å². The Balaban J connectivity index is 1.87. The summed E-state index contributed by atoms with van der Waals surface area (Å²) in [7, 11) is -3.79.